The zero-order chi connectivity index (χ0) is 14.4. The maximum atomic E-state index is 13.9. The predicted molar refractivity (Wildman–Crippen MR) is 80.3 cm³/mol. The van der Waals surface area contributed by atoms with Gasteiger partial charge in [0.2, 0.25) is 5.95 Å². The van der Waals surface area contributed by atoms with Crippen LogP contribution in [0, 0.1) is 5.82 Å². The number of para-hydroxylation sites is 1. The highest BCUT2D eigenvalue weighted by Gasteiger charge is 2.13. The number of halogens is 1. The van der Waals surface area contributed by atoms with E-state index in [4.69, 9.17) is 5.73 Å². The number of nitrogen functional groups attached to an aromatic ring is 1. The highest BCUT2D eigenvalue weighted by atomic mass is 19.1. The van der Waals surface area contributed by atoms with E-state index in [1.54, 1.807) is 16.5 Å². The van der Waals surface area contributed by atoms with Crippen molar-refractivity contribution in [1.82, 2.24) is 14.4 Å². The molecule has 5 heteroatoms. The van der Waals surface area contributed by atoms with E-state index in [1.165, 1.54) is 6.07 Å². The van der Waals surface area contributed by atoms with Gasteiger partial charge in [-0.15, -0.1) is 0 Å². The van der Waals surface area contributed by atoms with Gasteiger partial charge in [-0.25, -0.2) is 14.4 Å². The molecule has 4 nitrogen and oxygen atoms in total. The molecule has 2 aromatic heterocycles. The van der Waals surface area contributed by atoms with E-state index < -0.39 is 5.82 Å². The summed E-state index contributed by atoms with van der Waals surface area (Å²) in [6.07, 6.45) is 1.82. The minimum atomic E-state index is -0.397. The number of benzene rings is 2. The number of hydrogen-bond acceptors (Lipinski definition) is 3. The van der Waals surface area contributed by atoms with Gasteiger partial charge in [-0.3, -0.25) is 4.40 Å². The van der Waals surface area contributed by atoms with Gasteiger partial charge in [-0.1, -0.05) is 36.4 Å². The van der Waals surface area contributed by atoms with Gasteiger partial charge in [-0.2, -0.15) is 0 Å². The zero-order valence-electron chi connectivity index (χ0n) is 11.0. The first-order chi connectivity index (χ1) is 10.2. The van der Waals surface area contributed by atoms with Crippen LogP contribution in [0.5, 0.6) is 0 Å². The van der Waals surface area contributed by atoms with Gasteiger partial charge >= 0.3 is 0 Å². The normalized spacial score (nSPS) is 11.3. The summed E-state index contributed by atoms with van der Waals surface area (Å²) in [7, 11) is 0. The van der Waals surface area contributed by atoms with Gasteiger partial charge in [0.15, 0.2) is 0 Å². The molecule has 4 rings (SSSR count). The van der Waals surface area contributed by atoms with Crippen LogP contribution in [0.25, 0.3) is 27.8 Å². The fourth-order valence-corrected chi connectivity index (χ4v) is 2.47. The SMILES string of the molecule is Nc1nc2c(F)cccc2c2nc(-c3ccccc3)cn12. The van der Waals surface area contributed by atoms with Gasteiger partial charge in [0.1, 0.15) is 17.0 Å². The molecule has 0 saturated heterocycles. The van der Waals surface area contributed by atoms with Gasteiger partial charge in [0, 0.05) is 17.1 Å². The Hall–Kier alpha value is -2.95. The Bertz CT molecular complexity index is 960. The number of imidazole rings is 1. The molecule has 102 valence electrons. The first-order valence-electron chi connectivity index (χ1n) is 6.52. The van der Waals surface area contributed by atoms with Crippen LogP contribution in [0.1, 0.15) is 0 Å². The highest BCUT2D eigenvalue weighted by Crippen LogP contribution is 2.26. The van der Waals surface area contributed by atoms with Crippen molar-refractivity contribution in [1.29, 1.82) is 0 Å². The summed E-state index contributed by atoms with van der Waals surface area (Å²) < 4.78 is 15.6. The van der Waals surface area contributed by atoms with Crippen LogP contribution < -0.4 is 5.73 Å². The maximum absolute atomic E-state index is 13.9. The quantitative estimate of drug-likeness (QED) is 0.581. The third-order valence-corrected chi connectivity index (χ3v) is 3.48. The molecule has 0 bridgehead atoms. The average Bonchev–Trinajstić information content (AvgIpc) is 2.96. The third kappa shape index (κ3) is 1.74. The molecule has 0 aliphatic heterocycles. The minimum absolute atomic E-state index is 0.220. The molecular formula is C16H11FN4. The van der Waals surface area contributed by atoms with E-state index in [2.05, 4.69) is 9.97 Å². The summed E-state index contributed by atoms with van der Waals surface area (Å²) in [5, 5.41) is 0.645. The van der Waals surface area contributed by atoms with Crippen molar-refractivity contribution in [2.24, 2.45) is 0 Å². The van der Waals surface area contributed by atoms with Crippen molar-refractivity contribution < 1.29 is 4.39 Å². The van der Waals surface area contributed by atoms with Crippen LogP contribution in [-0.2, 0) is 0 Å². The summed E-state index contributed by atoms with van der Waals surface area (Å²) in [5.41, 5.74) is 8.53. The largest absolute Gasteiger partial charge is 0.369 e. The Kier molecular flexibility index (Phi) is 2.41. The summed E-state index contributed by atoms with van der Waals surface area (Å²) >= 11 is 0. The molecular weight excluding hydrogens is 267 g/mol. The van der Waals surface area contributed by atoms with E-state index in [0.29, 0.717) is 11.0 Å². The Morgan fingerprint density at radius 2 is 1.76 bits per heavy atom. The smallest absolute Gasteiger partial charge is 0.206 e. The van der Waals surface area contributed by atoms with E-state index in [1.807, 2.05) is 36.5 Å². The van der Waals surface area contributed by atoms with Crippen LogP contribution in [0.3, 0.4) is 0 Å². The number of nitrogens with zero attached hydrogens (tertiary/aromatic N) is 3. The molecule has 0 saturated carbocycles. The first-order valence-corrected chi connectivity index (χ1v) is 6.52. The van der Waals surface area contributed by atoms with Gasteiger partial charge in [0.25, 0.3) is 0 Å². The topological polar surface area (TPSA) is 56.2 Å². The molecule has 2 aromatic carbocycles. The Balaban J connectivity index is 2.10. The molecule has 21 heavy (non-hydrogen) atoms. The molecule has 0 spiro atoms. The first kappa shape index (κ1) is 11.8. The fourth-order valence-electron chi connectivity index (χ4n) is 2.47. The van der Waals surface area contributed by atoms with E-state index in [9.17, 15) is 4.39 Å². The molecule has 0 radical (unpaired) electrons. The Morgan fingerprint density at radius 3 is 2.57 bits per heavy atom. The lowest BCUT2D eigenvalue weighted by atomic mass is 10.2. The lowest BCUT2D eigenvalue weighted by molar-refractivity contribution is 0.636. The molecule has 0 aliphatic rings. The van der Waals surface area contributed by atoms with Gasteiger partial charge in [0.05, 0.1) is 5.69 Å². The summed E-state index contributed by atoms with van der Waals surface area (Å²) in [4.78, 5) is 8.73. The lowest BCUT2D eigenvalue weighted by Gasteiger charge is -2.03. The summed E-state index contributed by atoms with van der Waals surface area (Å²) in [6, 6.07) is 14.6. The van der Waals surface area contributed by atoms with Crippen molar-refractivity contribution in [3.63, 3.8) is 0 Å². The van der Waals surface area contributed by atoms with Crippen LogP contribution in [0.15, 0.2) is 54.7 Å². The summed E-state index contributed by atoms with van der Waals surface area (Å²) in [6.45, 7) is 0. The van der Waals surface area contributed by atoms with Crippen LogP contribution in [0.4, 0.5) is 10.3 Å². The lowest BCUT2D eigenvalue weighted by Crippen LogP contribution is -2.01. The molecule has 0 aliphatic carbocycles. The second kappa shape index (κ2) is 4.28. The van der Waals surface area contributed by atoms with Crippen LogP contribution in [0.2, 0.25) is 0 Å². The molecule has 4 aromatic rings. The van der Waals surface area contributed by atoms with Gasteiger partial charge in [-0.05, 0) is 12.1 Å². The van der Waals surface area contributed by atoms with Crippen molar-refractivity contribution in [2.45, 2.75) is 0 Å². The number of anilines is 1. The third-order valence-electron chi connectivity index (χ3n) is 3.48. The molecule has 0 atom stereocenters. The maximum Gasteiger partial charge on any atom is 0.206 e. The van der Waals surface area contributed by atoms with Crippen LogP contribution >= 0.6 is 0 Å². The molecule has 0 fully saturated rings. The number of hydrogen-bond donors (Lipinski definition) is 1. The molecule has 2 heterocycles. The van der Waals surface area contributed by atoms with Crippen molar-refractivity contribution in [3.8, 4) is 11.3 Å². The predicted octanol–water partition coefficient (Wildman–Crippen LogP) is 3.27. The fraction of sp³-hybridized carbons (Fsp3) is 0. The van der Waals surface area contributed by atoms with E-state index in [-0.39, 0.29) is 11.5 Å². The number of rotatable bonds is 1. The van der Waals surface area contributed by atoms with Crippen molar-refractivity contribution in [2.75, 3.05) is 5.73 Å². The Morgan fingerprint density at radius 1 is 0.952 bits per heavy atom. The van der Waals surface area contributed by atoms with Crippen molar-refractivity contribution >= 4 is 22.5 Å². The molecule has 2 N–H and O–H groups in total. The standard InChI is InChI=1S/C16H11FN4/c17-12-8-4-7-11-14(12)20-16(18)21-9-13(19-15(11)21)10-5-2-1-3-6-10/h1-9H,(H2,18,20). The van der Waals surface area contributed by atoms with Crippen molar-refractivity contribution in [3.05, 3.63) is 60.5 Å². The minimum Gasteiger partial charge on any atom is -0.369 e. The second-order valence-corrected chi connectivity index (χ2v) is 4.79. The molecule has 0 amide bonds. The monoisotopic (exact) mass is 278 g/mol. The zero-order valence-corrected chi connectivity index (χ0v) is 11.0. The Labute approximate surface area is 119 Å². The highest BCUT2D eigenvalue weighted by molar-refractivity contribution is 5.93. The van der Waals surface area contributed by atoms with Crippen LogP contribution in [-0.4, -0.2) is 14.4 Å². The molecule has 0 unspecified atom stereocenters. The summed E-state index contributed by atoms with van der Waals surface area (Å²) in [5.74, 6) is -0.178. The second-order valence-electron chi connectivity index (χ2n) is 4.79. The van der Waals surface area contributed by atoms with Gasteiger partial charge < -0.3 is 5.73 Å². The number of aromatic nitrogens is 3. The van der Waals surface area contributed by atoms with E-state index >= 15 is 0 Å². The van der Waals surface area contributed by atoms with E-state index in [0.717, 1.165) is 11.3 Å². The number of nitrogens with two attached hydrogens (primary N) is 1. The average molecular weight is 278 g/mol. The number of fused-ring (bicyclic) bond motifs is 3.